The van der Waals surface area contributed by atoms with E-state index in [0.29, 0.717) is 58.7 Å². The average molecular weight is 590 g/mol. The standard InChI is InChI=1S/C31H47NO8Si/c1-5-35-29-18-17-27-24-26(14-16-28(27)25-29)15-19-30(33)36-21-11-9-10-12-22-37-31(34)32-20-13-23-41(38-6-2,39-7-3)40-8-4/h14-19,24-25H,5-13,20-23H2,1-4H3,(H,32,34)/b19-15+. The van der Waals surface area contributed by atoms with Crippen LogP contribution >= 0.6 is 0 Å². The van der Waals surface area contributed by atoms with Gasteiger partial charge in [-0.3, -0.25) is 0 Å². The predicted octanol–water partition coefficient (Wildman–Crippen LogP) is 6.52. The zero-order chi connectivity index (χ0) is 29.8. The summed E-state index contributed by atoms with van der Waals surface area (Å²) < 4.78 is 33.5. The smallest absolute Gasteiger partial charge is 0.494 e. The molecular weight excluding hydrogens is 542 g/mol. The summed E-state index contributed by atoms with van der Waals surface area (Å²) in [4.78, 5) is 24.0. The maximum atomic E-state index is 12.1. The summed E-state index contributed by atoms with van der Waals surface area (Å²) in [5, 5.41) is 4.94. The fourth-order valence-corrected chi connectivity index (χ4v) is 6.87. The van der Waals surface area contributed by atoms with Gasteiger partial charge in [0.25, 0.3) is 0 Å². The third kappa shape index (κ3) is 13.5. The van der Waals surface area contributed by atoms with E-state index < -0.39 is 14.9 Å². The Kier molecular flexibility index (Phi) is 16.8. The van der Waals surface area contributed by atoms with Crippen LogP contribution in [-0.2, 0) is 27.5 Å². The molecule has 41 heavy (non-hydrogen) atoms. The van der Waals surface area contributed by atoms with Crippen molar-refractivity contribution in [2.45, 2.75) is 65.8 Å². The van der Waals surface area contributed by atoms with Crippen LogP contribution in [-0.4, -0.2) is 67.1 Å². The van der Waals surface area contributed by atoms with Crippen LogP contribution in [0.3, 0.4) is 0 Å². The Morgan fingerprint density at radius 2 is 1.39 bits per heavy atom. The molecule has 0 aliphatic carbocycles. The number of carbonyl (C=O) groups excluding carboxylic acids is 2. The first kappa shape index (κ1) is 34.3. The van der Waals surface area contributed by atoms with Crippen molar-refractivity contribution in [3.63, 3.8) is 0 Å². The normalized spacial score (nSPS) is 11.6. The molecule has 0 spiro atoms. The molecule has 0 radical (unpaired) electrons. The maximum absolute atomic E-state index is 12.1. The number of hydrogen-bond acceptors (Lipinski definition) is 8. The minimum atomic E-state index is -2.69. The Hall–Kier alpha value is -2.92. The predicted molar refractivity (Wildman–Crippen MR) is 163 cm³/mol. The number of fused-ring (bicyclic) bond motifs is 1. The number of hydrogen-bond donors (Lipinski definition) is 1. The first-order chi connectivity index (χ1) is 19.9. The lowest BCUT2D eigenvalue weighted by atomic mass is 10.1. The van der Waals surface area contributed by atoms with Gasteiger partial charge in [-0.25, -0.2) is 9.59 Å². The fraction of sp³-hybridized carbons (Fsp3) is 0.548. The van der Waals surface area contributed by atoms with Gasteiger partial charge < -0.3 is 32.8 Å². The Labute approximate surface area is 245 Å². The van der Waals surface area contributed by atoms with E-state index in [4.69, 9.17) is 27.5 Å². The van der Waals surface area contributed by atoms with Crippen molar-refractivity contribution in [1.29, 1.82) is 0 Å². The molecule has 0 saturated heterocycles. The maximum Gasteiger partial charge on any atom is 0.500 e. The molecule has 0 saturated carbocycles. The van der Waals surface area contributed by atoms with Crippen molar-refractivity contribution in [2.24, 2.45) is 0 Å². The van der Waals surface area contributed by atoms with Gasteiger partial charge in [0.05, 0.1) is 19.8 Å². The molecule has 1 N–H and O–H groups in total. The van der Waals surface area contributed by atoms with E-state index in [2.05, 4.69) is 5.32 Å². The number of nitrogens with one attached hydrogen (secondary N) is 1. The number of carbonyl (C=O) groups is 2. The van der Waals surface area contributed by atoms with E-state index in [1.807, 2.05) is 64.1 Å². The van der Waals surface area contributed by atoms with Crippen molar-refractivity contribution in [3.8, 4) is 5.75 Å². The molecule has 0 aromatic heterocycles. The zero-order valence-corrected chi connectivity index (χ0v) is 26.1. The van der Waals surface area contributed by atoms with E-state index in [0.717, 1.165) is 47.8 Å². The summed E-state index contributed by atoms with van der Waals surface area (Å²) in [6.45, 7) is 11.1. The molecule has 0 atom stereocenters. The van der Waals surface area contributed by atoms with Crippen molar-refractivity contribution in [1.82, 2.24) is 5.32 Å². The largest absolute Gasteiger partial charge is 0.500 e. The highest BCUT2D eigenvalue weighted by Crippen LogP contribution is 2.23. The molecule has 228 valence electrons. The lowest BCUT2D eigenvalue weighted by Gasteiger charge is -2.28. The van der Waals surface area contributed by atoms with Crippen LogP contribution in [0, 0.1) is 0 Å². The quantitative estimate of drug-likeness (QED) is 0.0760. The summed E-state index contributed by atoms with van der Waals surface area (Å²) in [6.07, 6.45) is 6.75. The van der Waals surface area contributed by atoms with E-state index in [1.165, 1.54) is 6.08 Å². The van der Waals surface area contributed by atoms with Crippen LogP contribution in [0.15, 0.2) is 42.5 Å². The van der Waals surface area contributed by atoms with Crippen LogP contribution in [0.25, 0.3) is 16.8 Å². The Balaban J connectivity index is 1.53. The highest BCUT2D eigenvalue weighted by atomic mass is 28.4. The molecule has 0 bridgehead atoms. The second-order valence-electron chi connectivity index (χ2n) is 9.26. The second-order valence-corrected chi connectivity index (χ2v) is 12.0. The molecule has 0 aliphatic rings. The number of ether oxygens (including phenoxy) is 3. The minimum Gasteiger partial charge on any atom is -0.494 e. The first-order valence-electron chi connectivity index (χ1n) is 14.8. The zero-order valence-electron chi connectivity index (χ0n) is 25.1. The number of esters is 1. The highest BCUT2D eigenvalue weighted by Gasteiger charge is 2.39. The molecule has 0 aliphatic heterocycles. The van der Waals surface area contributed by atoms with E-state index >= 15 is 0 Å². The van der Waals surface area contributed by atoms with Gasteiger partial charge >= 0.3 is 20.9 Å². The van der Waals surface area contributed by atoms with E-state index in [-0.39, 0.29) is 5.97 Å². The molecule has 1 amide bonds. The number of benzene rings is 2. The van der Waals surface area contributed by atoms with E-state index in [1.54, 1.807) is 6.08 Å². The average Bonchev–Trinajstić information content (AvgIpc) is 2.96. The Morgan fingerprint density at radius 1 is 0.756 bits per heavy atom. The SMILES string of the molecule is CCOc1ccc2cc(/C=C/C(=O)OCCCCCCOC(=O)NCCC[Si](OCC)(OCC)OCC)ccc2c1. The van der Waals surface area contributed by atoms with Crippen LogP contribution in [0.2, 0.25) is 6.04 Å². The molecule has 10 heteroatoms. The van der Waals surface area contributed by atoms with Gasteiger partial charge in [0, 0.05) is 38.5 Å². The monoisotopic (exact) mass is 589 g/mol. The molecule has 9 nitrogen and oxygen atoms in total. The third-order valence-electron chi connectivity index (χ3n) is 6.10. The summed E-state index contributed by atoms with van der Waals surface area (Å²) in [5.74, 6) is 0.486. The lowest BCUT2D eigenvalue weighted by molar-refractivity contribution is -0.137. The van der Waals surface area contributed by atoms with Crippen LogP contribution < -0.4 is 10.1 Å². The first-order valence-corrected chi connectivity index (χ1v) is 16.7. The molecule has 2 aromatic rings. The van der Waals surface area contributed by atoms with Crippen LogP contribution in [0.1, 0.15) is 65.4 Å². The summed E-state index contributed by atoms with van der Waals surface area (Å²) in [6, 6.07) is 12.6. The number of rotatable bonds is 21. The van der Waals surface area contributed by atoms with Crippen LogP contribution in [0.5, 0.6) is 5.75 Å². The van der Waals surface area contributed by atoms with Crippen molar-refractivity contribution in [2.75, 3.05) is 46.2 Å². The van der Waals surface area contributed by atoms with E-state index in [9.17, 15) is 9.59 Å². The van der Waals surface area contributed by atoms with Crippen molar-refractivity contribution >= 4 is 37.7 Å². The number of unbranched alkanes of at least 4 members (excludes halogenated alkanes) is 3. The van der Waals surface area contributed by atoms with Gasteiger partial charge in [0.15, 0.2) is 0 Å². The van der Waals surface area contributed by atoms with Gasteiger partial charge in [-0.05, 0) is 100 Å². The highest BCUT2D eigenvalue weighted by molar-refractivity contribution is 6.60. The molecule has 2 aromatic carbocycles. The number of amides is 1. The Morgan fingerprint density at radius 3 is 2.05 bits per heavy atom. The van der Waals surface area contributed by atoms with Crippen molar-refractivity contribution < 1.29 is 37.1 Å². The molecule has 0 fully saturated rings. The summed E-state index contributed by atoms with van der Waals surface area (Å²) in [7, 11) is -2.69. The summed E-state index contributed by atoms with van der Waals surface area (Å²) >= 11 is 0. The minimum absolute atomic E-state index is 0.350. The molecule has 2 rings (SSSR count). The van der Waals surface area contributed by atoms with Gasteiger partial charge in [-0.15, -0.1) is 0 Å². The van der Waals surface area contributed by atoms with Gasteiger partial charge in [-0.1, -0.05) is 18.2 Å². The van der Waals surface area contributed by atoms with Gasteiger partial charge in [-0.2, -0.15) is 0 Å². The molecule has 0 unspecified atom stereocenters. The molecule has 0 heterocycles. The topological polar surface area (TPSA) is 102 Å². The lowest BCUT2D eigenvalue weighted by Crippen LogP contribution is -2.46. The summed E-state index contributed by atoms with van der Waals surface area (Å²) in [5.41, 5.74) is 0.930. The molecular formula is C31H47NO8Si. The third-order valence-corrected chi connectivity index (χ3v) is 9.25. The van der Waals surface area contributed by atoms with Gasteiger partial charge in [0.1, 0.15) is 5.75 Å². The Bertz CT molecular complexity index is 1060. The van der Waals surface area contributed by atoms with Gasteiger partial charge in [0.2, 0.25) is 0 Å². The number of alkyl carbamates (subject to hydrolysis) is 1. The second kappa shape index (κ2) is 20.0. The van der Waals surface area contributed by atoms with Crippen LogP contribution in [0.4, 0.5) is 4.79 Å². The van der Waals surface area contributed by atoms with Crippen molar-refractivity contribution in [3.05, 3.63) is 48.0 Å². The fourth-order valence-electron chi connectivity index (χ4n) is 4.26.